The lowest BCUT2D eigenvalue weighted by molar-refractivity contribution is 0.0941. The maximum Gasteiger partial charge on any atom is 0.300 e. The van der Waals surface area contributed by atoms with Crippen molar-refractivity contribution in [1.82, 2.24) is 29.2 Å². The highest BCUT2D eigenvalue weighted by atomic mass is 32.2. The highest BCUT2D eigenvalue weighted by molar-refractivity contribution is 7.90. The fraction of sp³-hybridized carbons (Fsp3) is 0.250. The smallest absolute Gasteiger partial charge is 0.300 e. The van der Waals surface area contributed by atoms with Gasteiger partial charge in [-0.2, -0.15) is 13.1 Å². The minimum Gasteiger partial charge on any atom is -0.344 e. The summed E-state index contributed by atoms with van der Waals surface area (Å²) in [6.45, 7) is 1.83. The number of benzene rings is 2. The van der Waals surface area contributed by atoms with Gasteiger partial charge < -0.3 is 5.32 Å². The molecular formula is C32H27N7O4S. The lowest BCUT2D eigenvalue weighted by Crippen LogP contribution is -2.35. The molecule has 44 heavy (non-hydrogen) atoms. The number of nitrogens with one attached hydrogen (secondary N) is 3. The summed E-state index contributed by atoms with van der Waals surface area (Å²) in [5.74, 6) is 2.48. The summed E-state index contributed by atoms with van der Waals surface area (Å²) in [5.41, 5.74) is 3.91. The molecule has 2 saturated carbocycles. The van der Waals surface area contributed by atoms with E-state index in [4.69, 9.17) is 6.42 Å². The average molecular weight is 606 g/mol. The molecule has 1 unspecified atom stereocenters. The fourth-order valence-electron chi connectivity index (χ4n) is 6.61. The zero-order valence-corrected chi connectivity index (χ0v) is 24.4. The second-order valence-electron chi connectivity index (χ2n) is 11.6. The quantitative estimate of drug-likeness (QED) is 0.232. The first-order valence-corrected chi connectivity index (χ1v) is 16.0. The summed E-state index contributed by atoms with van der Waals surface area (Å²) in [7, 11) is -3.99. The number of terminal acetylenes is 1. The van der Waals surface area contributed by atoms with Gasteiger partial charge in [-0.3, -0.25) is 18.9 Å². The highest BCUT2D eigenvalue weighted by Crippen LogP contribution is 2.64. The number of carbonyl (C=O) groups is 1. The Morgan fingerprint density at radius 1 is 1.09 bits per heavy atom. The lowest BCUT2D eigenvalue weighted by atomic mass is 9.94. The van der Waals surface area contributed by atoms with E-state index in [-0.39, 0.29) is 34.5 Å². The topological polar surface area (TPSA) is 139 Å². The van der Waals surface area contributed by atoms with Crippen molar-refractivity contribution in [3.8, 4) is 18.0 Å². The molecule has 220 valence electrons. The van der Waals surface area contributed by atoms with E-state index >= 15 is 0 Å². The van der Waals surface area contributed by atoms with E-state index in [1.54, 1.807) is 16.8 Å². The Hall–Kier alpha value is -4.99. The number of para-hydroxylation sites is 1. The summed E-state index contributed by atoms with van der Waals surface area (Å²) in [5, 5.41) is 8.77. The van der Waals surface area contributed by atoms with Gasteiger partial charge in [0.25, 0.3) is 11.5 Å². The molecule has 5 aromatic rings. The monoisotopic (exact) mass is 605 g/mol. The van der Waals surface area contributed by atoms with Gasteiger partial charge in [0.2, 0.25) is 0 Å². The summed E-state index contributed by atoms with van der Waals surface area (Å²) in [4.78, 5) is 32.7. The lowest BCUT2D eigenvalue weighted by Gasteiger charge is -2.25. The predicted molar refractivity (Wildman–Crippen MR) is 165 cm³/mol. The number of anilines is 1. The van der Waals surface area contributed by atoms with Gasteiger partial charge in [0.1, 0.15) is 5.56 Å². The molecule has 3 atom stereocenters. The van der Waals surface area contributed by atoms with Gasteiger partial charge in [0.15, 0.2) is 11.5 Å². The van der Waals surface area contributed by atoms with E-state index < -0.39 is 22.2 Å². The number of carbonyl (C=O) groups excluding carboxylic acids is 1. The molecule has 1 amide bonds. The molecule has 3 aromatic heterocycles. The summed E-state index contributed by atoms with van der Waals surface area (Å²) >= 11 is 0. The maximum atomic E-state index is 14.3. The molecule has 0 bridgehead atoms. The SMILES string of the molecule is C#Cc1ccc2c3c(c(C(C)NC(=O)c4c(NS(=O)(=O)NC5CC5)nn5cccnc45)n(-c4ccccc4)c(=O)c13)[C@H]1C[C@@H]21. The van der Waals surface area contributed by atoms with E-state index in [0.29, 0.717) is 28.2 Å². The fourth-order valence-corrected chi connectivity index (χ4v) is 7.74. The van der Waals surface area contributed by atoms with Crippen molar-refractivity contribution in [3.63, 3.8) is 0 Å². The molecule has 3 aliphatic carbocycles. The normalized spacial score (nSPS) is 19.0. The van der Waals surface area contributed by atoms with Crippen molar-refractivity contribution in [2.45, 2.75) is 50.1 Å². The molecule has 2 aromatic carbocycles. The molecule has 11 nitrogen and oxygen atoms in total. The molecule has 0 saturated heterocycles. The second kappa shape index (κ2) is 9.51. The Labute approximate surface area is 252 Å². The third-order valence-electron chi connectivity index (χ3n) is 8.68. The molecule has 0 aliphatic heterocycles. The van der Waals surface area contributed by atoms with Crippen LogP contribution in [-0.2, 0) is 10.2 Å². The van der Waals surface area contributed by atoms with Gasteiger partial charge in [0.05, 0.1) is 17.1 Å². The molecular weight excluding hydrogens is 578 g/mol. The minimum atomic E-state index is -3.99. The summed E-state index contributed by atoms with van der Waals surface area (Å²) in [6.07, 6.45) is 11.4. The van der Waals surface area contributed by atoms with Crippen LogP contribution in [0.2, 0.25) is 0 Å². The number of hydrogen-bond donors (Lipinski definition) is 3. The van der Waals surface area contributed by atoms with Crippen LogP contribution in [0.4, 0.5) is 5.82 Å². The van der Waals surface area contributed by atoms with E-state index in [2.05, 4.69) is 30.8 Å². The predicted octanol–water partition coefficient (Wildman–Crippen LogP) is 3.50. The van der Waals surface area contributed by atoms with E-state index in [1.165, 1.54) is 10.7 Å². The molecule has 3 N–H and O–H groups in total. The Kier molecular flexibility index (Phi) is 5.75. The van der Waals surface area contributed by atoms with Gasteiger partial charge >= 0.3 is 10.2 Å². The third kappa shape index (κ3) is 4.11. The van der Waals surface area contributed by atoms with Crippen LogP contribution in [0, 0.1) is 12.3 Å². The molecule has 3 aliphatic rings. The van der Waals surface area contributed by atoms with Crippen LogP contribution in [0.25, 0.3) is 22.1 Å². The van der Waals surface area contributed by atoms with Crippen molar-refractivity contribution in [3.05, 3.63) is 99.2 Å². The molecule has 8 rings (SSSR count). The number of pyridine rings is 1. The average Bonchev–Trinajstić information content (AvgIpc) is 3.92. The van der Waals surface area contributed by atoms with Gasteiger partial charge in [-0.25, -0.2) is 9.50 Å². The number of nitrogens with zero attached hydrogens (tertiary/aromatic N) is 4. The first-order chi connectivity index (χ1) is 21.3. The number of fused-ring (bicyclic) bond motifs is 4. The van der Waals surface area contributed by atoms with Crippen LogP contribution in [-0.4, -0.2) is 39.5 Å². The van der Waals surface area contributed by atoms with Crippen molar-refractivity contribution < 1.29 is 13.2 Å². The number of rotatable bonds is 8. The minimum absolute atomic E-state index is 0.0240. The zero-order chi connectivity index (χ0) is 30.3. The highest BCUT2D eigenvalue weighted by Gasteiger charge is 2.50. The van der Waals surface area contributed by atoms with Crippen LogP contribution >= 0.6 is 0 Å². The van der Waals surface area contributed by atoms with Gasteiger partial charge in [-0.15, -0.1) is 11.5 Å². The number of amides is 1. The largest absolute Gasteiger partial charge is 0.344 e. The van der Waals surface area contributed by atoms with Crippen molar-refractivity contribution in [2.24, 2.45) is 0 Å². The zero-order valence-electron chi connectivity index (χ0n) is 23.6. The second-order valence-corrected chi connectivity index (χ2v) is 13.1. The van der Waals surface area contributed by atoms with Crippen LogP contribution in [0.15, 0.2) is 65.7 Å². The van der Waals surface area contributed by atoms with E-state index in [9.17, 15) is 18.0 Å². The standard InChI is InChI=1S/C32H27N7O4S/c1-3-18-10-13-21-22-16-23(22)26-25(21)24(18)32(41)39(20-8-5-4-6-9-20)28(26)17(2)34-31(40)27-29(35-38-15-7-14-33-30(27)38)37-44(42,43)36-19-11-12-19/h1,4-10,13-15,17,19,22-23,36H,11-12,16H2,2H3,(H,34,40)(H,35,37)/t17?,22-,23-/m0/s1. The Balaban J connectivity index is 1.27. The third-order valence-corrected chi connectivity index (χ3v) is 9.79. The van der Waals surface area contributed by atoms with Crippen LogP contribution in [0.5, 0.6) is 0 Å². The Morgan fingerprint density at radius 3 is 2.64 bits per heavy atom. The molecule has 2 fully saturated rings. The first kappa shape index (κ1) is 26.6. The van der Waals surface area contributed by atoms with Crippen molar-refractivity contribution in [2.75, 3.05) is 4.72 Å². The molecule has 0 spiro atoms. The molecule has 0 radical (unpaired) electrons. The van der Waals surface area contributed by atoms with Gasteiger partial charge in [-0.1, -0.05) is 30.2 Å². The number of aromatic nitrogens is 4. The van der Waals surface area contributed by atoms with Gasteiger partial charge in [-0.05, 0) is 78.8 Å². The molecule has 3 heterocycles. The maximum absolute atomic E-state index is 14.3. The summed E-state index contributed by atoms with van der Waals surface area (Å²) in [6, 6.07) is 14.0. The summed E-state index contributed by atoms with van der Waals surface area (Å²) < 4.78 is 33.6. The van der Waals surface area contributed by atoms with Crippen molar-refractivity contribution in [1.29, 1.82) is 0 Å². The van der Waals surface area contributed by atoms with E-state index in [1.807, 2.05) is 49.4 Å². The van der Waals surface area contributed by atoms with E-state index in [0.717, 1.165) is 35.8 Å². The van der Waals surface area contributed by atoms with Crippen LogP contribution < -0.4 is 20.3 Å². The Morgan fingerprint density at radius 2 is 1.89 bits per heavy atom. The Bertz CT molecular complexity index is 2250. The molecule has 12 heteroatoms. The van der Waals surface area contributed by atoms with Crippen molar-refractivity contribution >= 4 is 38.4 Å². The van der Waals surface area contributed by atoms with Crippen LogP contribution in [0.1, 0.15) is 76.8 Å². The van der Waals surface area contributed by atoms with Crippen LogP contribution in [0.3, 0.4) is 0 Å². The van der Waals surface area contributed by atoms with Gasteiger partial charge in [0, 0.05) is 29.7 Å². The number of hydrogen-bond acceptors (Lipinski definition) is 6. The first-order valence-electron chi connectivity index (χ1n) is 14.5.